The van der Waals surface area contributed by atoms with Gasteiger partial charge in [0.2, 0.25) is 0 Å². The van der Waals surface area contributed by atoms with Gasteiger partial charge in [-0.2, -0.15) is 0 Å². The van der Waals surface area contributed by atoms with Crippen LogP contribution in [0.5, 0.6) is 5.75 Å². The minimum atomic E-state index is -1.16. The average Bonchev–Trinajstić information content (AvgIpc) is 2.66. The summed E-state index contributed by atoms with van der Waals surface area (Å²) in [5.74, 6) is -0.927. The number of carboxylic acids is 1. The van der Waals surface area contributed by atoms with Crippen molar-refractivity contribution in [3.8, 4) is 16.9 Å². The number of rotatable bonds is 6. The normalized spacial score (nSPS) is 10.4. The quantitative estimate of drug-likeness (QED) is 0.669. The number of carboxylic acid groups (broad SMARTS) is 1. The molecule has 0 heterocycles. The molecule has 4 nitrogen and oxygen atoms in total. The van der Waals surface area contributed by atoms with E-state index in [1.165, 1.54) is 12.1 Å². The van der Waals surface area contributed by atoms with Crippen molar-refractivity contribution in [2.45, 2.75) is 6.54 Å². The predicted molar refractivity (Wildman–Crippen MR) is 99.1 cm³/mol. The maximum absolute atomic E-state index is 13.5. The molecule has 0 atom stereocenters. The second kappa shape index (κ2) is 7.70. The van der Waals surface area contributed by atoms with Crippen molar-refractivity contribution in [3.05, 3.63) is 83.7 Å². The van der Waals surface area contributed by atoms with E-state index < -0.39 is 11.8 Å². The summed E-state index contributed by atoms with van der Waals surface area (Å²) in [6.07, 6.45) is 0. The Morgan fingerprint density at radius 3 is 2.19 bits per heavy atom. The number of ether oxygens (including phenoxy) is 1. The fourth-order valence-corrected chi connectivity index (χ4v) is 2.62. The number of methoxy groups -OCH3 is 1. The molecule has 3 aromatic carbocycles. The van der Waals surface area contributed by atoms with E-state index in [9.17, 15) is 9.18 Å². The van der Waals surface area contributed by atoms with Crippen molar-refractivity contribution in [1.82, 2.24) is 0 Å². The summed E-state index contributed by atoms with van der Waals surface area (Å²) in [7, 11) is 1.63. The first-order valence-electron chi connectivity index (χ1n) is 8.06. The molecule has 0 aliphatic rings. The molecule has 0 amide bonds. The van der Waals surface area contributed by atoms with E-state index >= 15 is 0 Å². The molecule has 3 aromatic rings. The smallest absolute Gasteiger partial charge is 0.335 e. The summed E-state index contributed by atoms with van der Waals surface area (Å²) in [4.78, 5) is 11.0. The standard InChI is InChI=1S/C21H18FNO3/c1-26-20-8-6-16(7-9-20)15-4-2-14(3-5-15)13-23-19-11-17(21(24)25)10-18(22)12-19/h2-12,23H,13H2,1H3,(H,24,25). The Morgan fingerprint density at radius 1 is 1.00 bits per heavy atom. The Morgan fingerprint density at radius 2 is 1.62 bits per heavy atom. The van der Waals surface area contributed by atoms with Gasteiger partial charge in [-0.05, 0) is 47.0 Å². The number of hydrogen-bond donors (Lipinski definition) is 2. The molecule has 0 aliphatic carbocycles. The van der Waals surface area contributed by atoms with Crippen LogP contribution in [0.3, 0.4) is 0 Å². The topological polar surface area (TPSA) is 58.6 Å². The molecule has 26 heavy (non-hydrogen) atoms. The van der Waals surface area contributed by atoms with E-state index in [0.717, 1.165) is 28.5 Å². The fourth-order valence-electron chi connectivity index (χ4n) is 2.62. The van der Waals surface area contributed by atoms with Gasteiger partial charge in [-0.15, -0.1) is 0 Å². The van der Waals surface area contributed by atoms with Gasteiger partial charge in [-0.25, -0.2) is 9.18 Å². The summed E-state index contributed by atoms with van der Waals surface area (Å²) >= 11 is 0. The number of halogens is 1. The predicted octanol–water partition coefficient (Wildman–Crippen LogP) is 4.81. The molecule has 0 bridgehead atoms. The van der Waals surface area contributed by atoms with Gasteiger partial charge in [-0.1, -0.05) is 36.4 Å². The Bertz CT molecular complexity index is 906. The van der Waals surface area contributed by atoms with Crippen molar-refractivity contribution in [1.29, 1.82) is 0 Å². The molecule has 0 spiro atoms. The largest absolute Gasteiger partial charge is 0.497 e. The van der Waals surface area contributed by atoms with E-state index in [0.29, 0.717) is 12.2 Å². The summed E-state index contributed by atoms with van der Waals surface area (Å²) < 4.78 is 18.7. The van der Waals surface area contributed by atoms with Crippen LogP contribution < -0.4 is 10.1 Å². The maximum Gasteiger partial charge on any atom is 0.335 e. The molecule has 0 aliphatic heterocycles. The number of anilines is 1. The SMILES string of the molecule is COc1ccc(-c2ccc(CNc3cc(F)cc(C(=O)O)c3)cc2)cc1. The van der Waals surface area contributed by atoms with Crippen LogP contribution in [0.4, 0.5) is 10.1 Å². The summed E-state index contributed by atoms with van der Waals surface area (Å²) in [5.41, 5.74) is 3.52. The summed E-state index contributed by atoms with van der Waals surface area (Å²) in [6.45, 7) is 0.464. The zero-order valence-electron chi connectivity index (χ0n) is 14.2. The molecular weight excluding hydrogens is 333 g/mol. The van der Waals surface area contributed by atoms with Crippen LogP contribution in [-0.2, 0) is 6.54 Å². The minimum Gasteiger partial charge on any atom is -0.497 e. The van der Waals surface area contributed by atoms with E-state index in [4.69, 9.17) is 9.84 Å². The molecule has 0 radical (unpaired) electrons. The summed E-state index contributed by atoms with van der Waals surface area (Å²) in [5, 5.41) is 12.0. The van der Waals surface area contributed by atoms with Crippen LogP contribution in [-0.4, -0.2) is 18.2 Å². The third-order valence-electron chi connectivity index (χ3n) is 4.02. The third kappa shape index (κ3) is 4.19. The van der Waals surface area contributed by atoms with Crippen molar-refractivity contribution in [3.63, 3.8) is 0 Å². The van der Waals surface area contributed by atoms with Crippen molar-refractivity contribution >= 4 is 11.7 Å². The first-order valence-corrected chi connectivity index (χ1v) is 8.06. The lowest BCUT2D eigenvalue weighted by Crippen LogP contribution is -2.03. The highest BCUT2D eigenvalue weighted by Gasteiger charge is 2.07. The molecule has 0 unspecified atom stereocenters. The Labute approximate surface area is 150 Å². The zero-order valence-corrected chi connectivity index (χ0v) is 14.2. The molecule has 3 rings (SSSR count). The van der Waals surface area contributed by atoms with Crippen LogP contribution in [0.1, 0.15) is 15.9 Å². The zero-order chi connectivity index (χ0) is 18.5. The number of nitrogens with one attached hydrogen (secondary N) is 1. The van der Waals surface area contributed by atoms with Crippen LogP contribution in [0.15, 0.2) is 66.7 Å². The Hall–Kier alpha value is -3.34. The molecule has 2 N–H and O–H groups in total. The fraction of sp³-hybridized carbons (Fsp3) is 0.0952. The summed E-state index contributed by atoms with van der Waals surface area (Å²) in [6, 6.07) is 19.5. The Kier molecular flexibility index (Phi) is 5.17. The monoisotopic (exact) mass is 351 g/mol. The van der Waals surface area contributed by atoms with Crippen LogP contribution in [0.25, 0.3) is 11.1 Å². The molecule has 0 saturated heterocycles. The van der Waals surface area contributed by atoms with Gasteiger partial charge in [0, 0.05) is 12.2 Å². The van der Waals surface area contributed by atoms with Crippen molar-refractivity contribution < 1.29 is 19.0 Å². The number of benzene rings is 3. The Balaban J connectivity index is 1.68. The van der Waals surface area contributed by atoms with Gasteiger partial charge in [0.1, 0.15) is 11.6 Å². The van der Waals surface area contributed by atoms with Crippen LogP contribution in [0.2, 0.25) is 0 Å². The van der Waals surface area contributed by atoms with Crippen LogP contribution in [0, 0.1) is 5.82 Å². The first kappa shape index (κ1) is 17.5. The van der Waals surface area contributed by atoms with Crippen molar-refractivity contribution in [2.75, 3.05) is 12.4 Å². The van der Waals surface area contributed by atoms with Gasteiger partial charge in [0.05, 0.1) is 12.7 Å². The number of hydrogen-bond acceptors (Lipinski definition) is 3. The van der Waals surface area contributed by atoms with Gasteiger partial charge < -0.3 is 15.2 Å². The van der Waals surface area contributed by atoms with E-state index in [-0.39, 0.29) is 5.56 Å². The van der Waals surface area contributed by atoms with Gasteiger partial charge >= 0.3 is 5.97 Å². The first-order chi connectivity index (χ1) is 12.5. The number of aromatic carboxylic acids is 1. The van der Waals surface area contributed by atoms with Gasteiger partial charge in [0.15, 0.2) is 0 Å². The van der Waals surface area contributed by atoms with E-state index in [1.807, 2.05) is 48.5 Å². The third-order valence-corrected chi connectivity index (χ3v) is 4.02. The van der Waals surface area contributed by atoms with E-state index in [1.54, 1.807) is 7.11 Å². The van der Waals surface area contributed by atoms with Gasteiger partial charge in [0.25, 0.3) is 0 Å². The second-order valence-corrected chi connectivity index (χ2v) is 5.81. The molecule has 5 heteroatoms. The highest BCUT2D eigenvalue weighted by molar-refractivity contribution is 5.88. The average molecular weight is 351 g/mol. The molecule has 0 fully saturated rings. The molecule has 132 valence electrons. The highest BCUT2D eigenvalue weighted by atomic mass is 19.1. The van der Waals surface area contributed by atoms with Crippen LogP contribution >= 0.6 is 0 Å². The van der Waals surface area contributed by atoms with Crippen molar-refractivity contribution in [2.24, 2.45) is 0 Å². The van der Waals surface area contributed by atoms with Gasteiger partial charge in [-0.3, -0.25) is 0 Å². The minimum absolute atomic E-state index is 0.0812. The molecular formula is C21H18FNO3. The lowest BCUT2D eigenvalue weighted by atomic mass is 10.0. The number of carbonyl (C=O) groups is 1. The second-order valence-electron chi connectivity index (χ2n) is 5.81. The highest BCUT2D eigenvalue weighted by Crippen LogP contribution is 2.23. The lowest BCUT2D eigenvalue weighted by Gasteiger charge is -2.09. The molecule has 0 aromatic heterocycles. The lowest BCUT2D eigenvalue weighted by molar-refractivity contribution is 0.0696. The molecule has 0 saturated carbocycles. The van der Waals surface area contributed by atoms with E-state index in [2.05, 4.69) is 5.32 Å². The maximum atomic E-state index is 13.5.